The van der Waals surface area contributed by atoms with Gasteiger partial charge in [0.15, 0.2) is 6.61 Å². The molecule has 1 aromatic carbocycles. The van der Waals surface area contributed by atoms with Crippen LogP contribution in [0.5, 0.6) is 11.5 Å². The number of nitrogens with one attached hydrogen (secondary N) is 1. The number of hydrogen-bond acceptors (Lipinski definition) is 5. The van der Waals surface area contributed by atoms with E-state index in [1.807, 2.05) is 0 Å². The molecule has 0 aliphatic heterocycles. The lowest BCUT2D eigenvalue weighted by atomic mass is 10.3. The third-order valence-electron chi connectivity index (χ3n) is 2.52. The number of rotatable bonds is 6. The Labute approximate surface area is 122 Å². The number of nitrogens with zero attached hydrogens (tertiary/aromatic N) is 2. The van der Waals surface area contributed by atoms with Crippen molar-refractivity contribution in [2.75, 3.05) is 13.7 Å². The number of carbonyl (C=O) groups is 1. The van der Waals surface area contributed by atoms with Crippen LogP contribution in [0, 0.1) is 0 Å². The third kappa shape index (κ3) is 4.94. The fourth-order valence-corrected chi connectivity index (χ4v) is 1.50. The van der Waals surface area contributed by atoms with Gasteiger partial charge in [0.25, 0.3) is 5.91 Å². The van der Waals surface area contributed by atoms with E-state index in [1.165, 1.54) is 6.21 Å². The summed E-state index contributed by atoms with van der Waals surface area (Å²) in [6.07, 6.45) is 4.83. The number of ether oxygens (including phenoxy) is 2. The largest absolute Gasteiger partial charge is 0.497 e. The summed E-state index contributed by atoms with van der Waals surface area (Å²) in [7, 11) is 1.57. The van der Waals surface area contributed by atoms with Gasteiger partial charge < -0.3 is 9.47 Å². The summed E-state index contributed by atoms with van der Waals surface area (Å²) in [4.78, 5) is 15.5. The Balaban J connectivity index is 1.78. The van der Waals surface area contributed by atoms with Crippen molar-refractivity contribution in [2.45, 2.75) is 0 Å². The standard InChI is InChI=1S/C15H15N3O3/c1-20-13-3-2-4-14(9-13)21-11-15(19)18-17-10-12-5-7-16-8-6-12/h2-10H,11H2,1H3,(H,18,19)/b17-10+. The van der Waals surface area contributed by atoms with Crippen molar-refractivity contribution < 1.29 is 14.3 Å². The summed E-state index contributed by atoms with van der Waals surface area (Å²) in [5.74, 6) is 0.884. The molecule has 108 valence electrons. The Hall–Kier alpha value is -2.89. The van der Waals surface area contributed by atoms with Gasteiger partial charge in [0.2, 0.25) is 0 Å². The fraction of sp³-hybridized carbons (Fsp3) is 0.133. The van der Waals surface area contributed by atoms with Gasteiger partial charge in [-0.05, 0) is 29.8 Å². The molecule has 6 nitrogen and oxygen atoms in total. The van der Waals surface area contributed by atoms with Crippen LogP contribution in [0.3, 0.4) is 0 Å². The topological polar surface area (TPSA) is 72.8 Å². The average molecular weight is 285 g/mol. The van der Waals surface area contributed by atoms with E-state index in [2.05, 4.69) is 15.5 Å². The van der Waals surface area contributed by atoms with Gasteiger partial charge >= 0.3 is 0 Å². The minimum Gasteiger partial charge on any atom is -0.497 e. The molecule has 2 aromatic rings. The predicted molar refractivity (Wildman–Crippen MR) is 78.5 cm³/mol. The Morgan fingerprint density at radius 3 is 2.81 bits per heavy atom. The Kier molecular flexibility index (Phi) is 5.28. The molecule has 0 spiro atoms. The molecule has 1 aromatic heterocycles. The quantitative estimate of drug-likeness (QED) is 0.646. The minimum absolute atomic E-state index is 0.124. The Morgan fingerprint density at radius 1 is 1.29 bits per heavy atom. The third-order valence-corrected chi connectivity index (χ3v) is 2.52. The van der Waals surface area contributed by atoms with Gasteiger partial charge in [-0.2, -0.15) is 5.10 Å². The van der Waals surface area contributed by atoms with E-state index in [0.717, 1.165) is 5.56 Å². The molecule has 2 rings (SSSR count). The fourth-order valence-electron chi connectivity index (χ4n) is 1.50. The number of methoxy groups -OCH3 is 1. The second kappa shape index (κ2) is 7.64. The van der Waals surface area contributed by atoms with Crippen LogP contribution >= 0.6 is 0 Å². The normalized spacial score (nSPS) is 10.3. The molecule has 6 heteroatoms. The molecule has 0 atom stereocenters. The van der Waals surface area contributed by atoms with E-state index < -0.39 is 0 Å². The van der Waals surface area contributed by atoms with Gasteiger partial charge in [-0.15, -0.1) is 0 Å². The molecule has 0 fully saturated rings. The number of hydrogen-bond donors (Lipinski definition) is 1. The molecule has 0 bridgehead atoms. The van der Waals surface area contributed by atoms with Gasteiger partial charge in [0.05, 0.1) is 13.3 Å². The van der Waals surface area contributed by atoms with Crippen LogP contribution in [0.4, 0.5) is 0 Å². The van der Waals surface area contributed by atoms with Crippen LogP contribution in [0.25, 0.3) is 0 Å². The number of benzene rings is 1. The van der Waals surface area contributed by atoms with Crippen molar-refractivity contribution in [3.8, 4) is 11.5 Å². The zero-order chi connectivity index (χ0) is 14.9. The molecule has 0 saturated heterocycles. The average Bonchev–Trinajstić information content (AvgIpc) is 2.54. The van der Waals surface area contributed by atoms with Gasteiger partial charge in [-0.1, -0.05) is 6.07 Å². The SMILES string of the molecule is COc1cccc(OCC(=O)N/N=C/c2ccncc2)c1. The lowest BCUT2D eigenvalue weighted by Gasteiger charge is -2.06. The number of aromatic nitrogens is 1. The van der Waals surface area contributed by atoms with E-state index in [1.54, 1.807) is 55.9 Å². The maximum atomic E-state index is 11.6. The first-order chi connectivity index (χ1) is 10.3. The first-order valence-electron chi connectivity index (χ1n) is 6.27. The summed E-state index contributed by atoms with van der Waals surface area (Å²) in [5, 5.41) is 3.83. The van der Waals surface area contributed by atoms with Crippen LogP contribution in [0.1, 0.15) is 5.56 Å². The zero-order valence-corrected chi connectivity index (χ0v) is 11.5. The van der Waals surface area contributed by atoms with Crippen molar-refractivity contribution in [3.05, 3.63) is 54.4 Å². The lowest BCUT2D eigenvalue weighted by molar-refractivity contribution is -0.123. The minimum atomic E-state index is -0.344. The second-order valence-electron chi connectivity index (χ2n) is 4.04. The molecule has 0 aliphatic carbocycles. The summed E-state index contributed by atoms with van der Waals surface area (Å²) >= 11 is 0. The Morgan fingerprint density at radius 2 is 2.05 bits per heavy atom. The molecule has 1 amide bonds. The molecule has 1 N–H and O–H groups in total. The highest BCUT2D eigenvalue weighted by Gasteiger charge is 2.02. The van der Waals surface area contributed by atoms with Crippen LogP contribution < -0.4 is 14.9 Å². The van der Waals surface area contributed by atoms with Crippen molar-refractivity contribution in [1.82, 2.24) is 10.4 Å². The molecule has 21 heavy (non-hydrogen) atoms. The maximum absolute atomic E-state index is 11.6. The van der Waals surface area contributed by atoms with E-state index in [9.17, 15) is 4.79 Å². The Bertz CT molecular complexity index is 615. The van der Waals surface area contributed by atoms with E-state index in [0.29, 0.717) is 11.5 Å². The number of amides is 1. The van der Waals surface area contributed by atoms with Crippen molar-refractivity contribution in [3.63, 3.8) is 0 Å². The van der Waals surface area contributed by atoms with Gasteiger partial charge in [-0.25, -0.2) is 5.43 Å². The van der Waals surface area contributed by atoms with Crippen molar-refractivity contribution in [1.29, 1.82) is 0 Å². The summed E-state index contributed by atoms with van der Waals surface area (Å²) < 4.78 is 10.4. The first kappa shape index (κ1) is 14.5. The second-order valence-corrected chi connectivity index (χ2v) is 4.04. The predicted octanol–water partition coefficient (Wildman–Crippen LogP) is 1.62. The maximum Gasteiger partial charge on any atom is 0.277 e. The van der Waals surface area contributed by atoms with Crippen LogP contribution in [-0.2, 0) is 4.79 Å². The molecular formula is C15H15N3O3. The van der Waals surface area contributed by atoms with Crippen molar-refractivity contribution in [2.24, 2.45) is 5.10 Å². The first-order valence-corrected chi connectivity index (χ1v) is 6.27. The highest BCUT2D eigenvalue weighted by atomic mass is 16.5. The molecular weight excluding hydrogens is 270 g/mol. The summed E-state index contributed by atoms with van der Waals surface area (Å²) in [5.41, 5.74) is 3.23. The van der Waals surface area contributed by atoms with Crippen LogP contribution in [0.15, 0.2) is 53.9 Å². The van der Waals surface area contributed by atoms with E-state index in [-0.39, 0.29) is 12.5 Å². The summed E-state index contributed by atoms with van der Waals surface area (Å²) in [6, 6.07) is 10.6. The molecule has 0 aliphatic rings. The van der Waals surface area contributed by atoms with E-state index >= 15 is 0 Å². The van der Waals surface area contributed by atoms with Gasteiger partial charge in [0.1, 0.15) is 11.5 Å². The lowest BCUT2D eigenvalue weighted by Crippen LogP contribution is -2.24. The van der Waals surface area contributed by atoms with Crippen molar-refractivity contribution >= 4 is 12.1 Å². The number of hydrazone groups is 1. The smallest absolute Gasteiger partial charge is 0.277 e. The molecule has 1 heterocycles. The molecule has 0 saturated carbocycles. The zero-order valence-electron chi connectivity index (χ0n) is 11.5. The van der Waals surface area contributed by atoms with Crippen LogP contribution in [-0.4, -0.2) is 30.8 Å². The number of pyridine rings is 1. The summed E-state index contributed by atoms with van der Waals surface area (Å²) in [6.45, 7) is -0.124. The van der Waals surface area contributed by atoms with Crippen LogP contribution in [0.2, 0.25) is 0 Å². The monoisotopic (exact) mass is 285 g/mol. The van der Waals surface area contributed by atoms with E-state index in [4.69, 9.17) is 9.47 Å². The highest BCUT2D eigenvalue weighted by molar-refractivity contribution is 5.82. The van der Waals surface area contributed by atoms with Gasteiger partial charge in [0, 0.05) is 18.5 Å². The number of carbonyl (C=O) groups excluding carboxylic acids is 1. The molecule has 0 radical (unpaired) electrons. The highest BCUT2D eigenvalue weighted by Crippen LogP contribution is 2.18. The van der Waals surface area contributed by atoms with Gasteiger partial charge in [-0.3, -0.25) is 9.78 Å². The molecule has 0 unspecified atom stereocenters.